The first-order chi connectivity index (χ1) is 15.1. The van der Waals surface area contributed by atoms with Crippen LogP contribution in [0.1, 0.15) is 37.3 Å². The third-order valence-corrected chi connectivity index (χ3v) is 5.83. The summed E-state index contributed by atoms with van der Waals surface area (Å²) >= 11 is 1.68. The summed E-state index contributed by atoms with van der Waals surface area (Å²) in [5.41, 5.74) is 1.88. The second kappa shape index (κ2) is 13.8. The van der Waals surface area contributed by atoms with Gasteiger partial charge in [0.05, 0.1) is 25.8 Å². The lowest BCUT2D eigenvalue weighted by atomic mass is 10.1. The van der Waals surface area contributed by atoms with Crippen molar-refractivity contribution < 1.29 is 23.4 Å². The van der Waals surface area contributed by atoms with E-state index < -0.39 is 6.09 Å². The van der Waals surface area contributed by atoms with Gasteiger partial charge in [0.25, 0.3) is 0 Å². The van der Waals surface area contributed by atoms with Gasteiger partial charge in [-0.25, -0.2) is 4.79 Å². The maximum absolute atomic E-state index is 12.2. The Morgan fingerprint density at radius 1 is 1.06 bits per heavy atom. The molecule has 1 amide bonds. The van der Waals surface area contributed by atoms with Gasteiger partial charge in [-0.2, -0.15) is 0 Å². The zero-order valence-electron chi connectivity index (χ0n) is 18.5. The van der Waals surface area contributed by atoms with E-state index in [0.717, 1.165) is 46.1 Å². The molecule has 1 N–H and O–H groups in total. The number of alkyl carbamates (subject to hydrolysis) is 1. The van der Waals surface area contributed by atoms with Gasteiger partial charge in [-0.1, -0.05) is 36.8 Å². The van der Waals surface area contributed by atoms with E-state index in [2.05, 4.69) is 5.32 Å². The molecule has 5 nitrogen and oxygen atoms in total. The molecule has 2 aromatic carbocycles. The first-order valence-electron chi connectivity index (χ1n) is 10.5. The zero-order valence-corrected chi connectivity index (χ0v) is 19.3. The lowest BCUT2D eigenvalue weighted by molar-refractivity contribution is 0.136. The smallest absolute Gasteiger partial charge is 0.407 e. The topological polar surface area (TPSA) is 56.8 Å². The average Bonchev–Trinajstić information content (AvgIpc) is 2.78. The van der Waals surface area contributed by atoms with Gasteiger partial charge in [0.2, 0.25) is 0 Å². The molecule has 1 atom stereocenters. The predicted molar refractivity (Wildman–Crippen MR) is 123 cm³/mol. The van der Waals surface area contributed by atoms with Crippen LogP contribution in [0.5, 0.6) is 11.5 Å². The highest BCUT2D eigenvalue weighted by molar-refractivity contribution is 7.99. The number of amides is 1. The van der Waals surface area contributed by atoms with Gasteiger partial charge in [0.1, 0.15) is 18.1 Å². The second-order valence-corrected chi connectivity index (χ2v) is 8.36. The van der Waals surface area contributed by atoms with Crippen molar-refractivity contribution in [2.45, 2.75) is 50.2 Å². The van der Waals surface area contributed by atoms with E-state index in [1.807, 2.05) is 49.4 Å². The Kier molecular flexibility index (Phi) is 11.1. The van der Waals surface area contributed by atoms with Crippen molar-refractivity contribution in [2.24, 2.45) is 0 Å². The van der Waals surface area contributed by atoms with Crippen LogP contribution in [-0.4, -0.2) is 38.8 Å². The van der Waals surface area contributed by atoms with Crippen molar-refractivity contribution in [1.82, 2.24) is 5.32 Å². The summed E-state index contributed by atoms with van der Waals surface area (Å²) in [6.07, 6.45) is 2.56. The maximum atomic E-state index is 12.2. The number of alkyl halides is 1. The Morgan fingerprint density at radius 3 is 2.48 bits per heavy atom. The van der Waals surface area contributed by atoms with Gasteiger partial charge in [-0.15, -0.1) is 11.8 Å². The number of thioether (sulfide) groups is 1. The van der Waals surface area contributed by atoms with Crippen LogP contribution in [-0.2, 0) is 17.8 Å². The molecule has 2 rings (SSSR count). The zero-order chi connectivity index (χ0) is 22.5. The number of carbonyl (C=O) groups excluding carboxylic acids is 1. The van der Waals surface area contributed by atoms with Crippen LogP contribution in [0.3, 0.4) is 0 Å². The van der Waals surface area contributed by atoms with E-state index in [1.165, 1.54) is 0 Å². The van der Waals surface area contributed by atoms with Crippen molar-refractivity contribution in [3.8, 4) is 11.5 Å². The number of benzene rings is 2. The largest absolute Gasteiger partial charge is 0.496 e. The van der Waals surface area contributed by atoms with E-state index in [0.29, 0.717) is 12.8 Å². The first kappa shape index (κ1) is 24.9. The summed E-state index contributed by atoms with van der Waals surface area (Å²) in [5.74, 6) is 2.41. The Balaban J connectivity index is 1.93. The summed E-state index contributed by atoms with van der Waals surface area (Å²) in [4.78, 5) is 13.1. The van der Waals surface area contributed by atoms with E-state index in [4.69, 9.17) is 14.2 Å². The van der Waals surface area contributed by atoms with Crippen LogP contribution in [0, 0.1) is 0 Å². The molecule has 0 aliphatic carbocycles. The van der Waals surface area contributed by atoms with Crippen LogP contribution < -0.4 is 14.8 Å². The fraction of sp³-hybridized carbons (Fsp3) is 0.458. The van der Waals surface area contributed by atoms with Gasteiger partial charge < -0.3 is 19.5 Å². The highest BCUT2D eigenvalue weighted by Crippen LogP contribution is 2.36. The number of halogens is 1. The Bertz CT molecular complexity index is 804. The summed E-state index contributed by atoms with van der Waals surface area (Å²) in [7, 11) is 3.27. The molecule has 0 aromatic heterocycles. The molecule has 0 saturated carbocycles. The third kappa shape index (κ3) is 8.69. The molecule has 0 saturated heterocycles. The monoisotopic (exact) mass is 449 g/mol. The highest BCUT2D eigenvalue weighted by Gasteiger charge is 2.16. The standard InChI is InChI=1S/C24H32FNO4S/c1-18(26-24(27)30-17-19-10-6-4-7-11-19)14-20-15-22(29-3)23(16-21(20)28-2)31-13-9-5-8-12-25/h4,6-7,10-11,15-16,18H,5,8-9,12-14,17H2,1-3H3,(H,26,27). The number of methoxy groups -OCH3 is 2. The Labute approximate surface area is 188 Å². The van der Waals surface area contributed by atoms with Gasteiger partial charge in [0, 0.05) is 6.04 Å². The Morgan fingerprint density at radius 2 is 1.81 bits per heavy atom. The van der Waals surface area contributed by atoms with Gasteiger partial charge >= 0.3 is 6.09 Å². The molecule has 0 heterocycles. The predicted octanol–water partition coefficient (Wildman–Crippen LogP) is 5.79. The third-order valence-electron chi connectivity index (χ3n) is 4.71. The fourth-order valence-electron chi connectivity index (χ4n) is 3.11. The molecule has 0 aliphatic rings. The molecule has 31 heavy (non-hydrogen) atoms. The van der Waals surface area contributed by atoms with Crippen LogP contribution in [0.4, 0.5) is 9.18 Å². The van der Waals surface area contributed by atoms with Gasteiger partial charge in [0.15, 0.2) is 0 Å². The van der Waals surface area contributed by atoms with Crippen LogP contribution in [0.15, 0.2) is 47.4 Å². The minimum absolute atomic E-state index is 0.152. The van der Waals surface area contributed by atoms with E-state index in [9.17, 15) is 9.18 Å². The van der Waals surface area contributed by atoms with Crippen LogP contribution >= 0.6 is 11.8 Å². The fourth-order valence-corrected chi connectivity index (χ4v) is 4.15. The number of nitrogens with one attached hydrogen (secondary N) is 1. The highest BCUT2D eigenvalue weighted by atomic mass is 32.2. The van der Waals surface area contributed by atoms with E-state index in [1.54, 1.807) is 26.0 Å². The number of ether oxygens (including phenoxy) is 3. The number of hydrogen-bond acceptors (Lipinski definition) is 5. The number of unbranched alkanes of at least 4 members (excludes halogenated alkanes) is 2. The summed E-state index contributed by atoms with van der Waals surface area (Å²) in [5, 5.41) is 2.86. The number of carbonyl (C=O) groups is 1. The number of rotatable bonds is 13. The second-order valence-electron chi connectivity index (χ2n) is 7.22. The van der Waals surface area contributed by atoms with Crippen molar-refractivity contribution in [3.63, 3.8) is 0 Å². The van der Waals surface area contributed by atoms with Crippen LogP contribution in [0.25, 0.3) is 0 Å². The minimum atomic E-state index is -0.456. The molecule has 0 spiro atoms. The van der Waals surface area contributed by atoms with Gasteiger partial charge in [-0.05, 0) is 55.2 Å². The molecule has 0 fully saturated rings. The van der Waals surface area contributed by atoms with Crippen molar-refractivity contribution >= 4 is 17.9 Å². The molecule has 1 unspecified atom stereocenters. The molecule has 2 aromatic rings. The lowest BCUT2D eigenvalue weighted by Gasteiger charge is -2.18. The molecule has 7 heteroatoms. The summed E-state index contributed by atoms with van der Waals surface area (Å²) in [6.45, 7) is 1.89. The van der Waals surface area contributed by atoms with E-state index >= 15 is 0 Å². The lowest BCUT2D eigenvalue weighted by Crippen LogP contribution is -2.34. The normalized spacial score (nSPS) is 11.6. The SMILES string of the molecule is COc1cc(SCCCCCF)c(OC)cc1CC(C)NC(=O)OCc1ccccc1. The van der Waals surface area contributed by atoms with Crippen molar-refractivity contribution in [1.29, 1.82) is 0 Å². The minimum Gasteiger partial charge on any atom is -0.496 e. The average molecular weight is 450 g/mol. The molecule has 0 radical (unpaired) electrons. The van der Waals surface area contributed by atoms with E-state index in [-0.39, 0.29) is 19.3 Å². The summed E-state index contributed by atoms with van der Waals surface area (Å²) in [6, 6.07) is 13.3. The van der Waals surface area contributed by atoms with Crippen molar-refractivity contribution in [2.75, 3.05) is 26.6 Å². The molecule has 170 valence electrons. The molecule has 0 bridgehead atoms. The number of hydrogen-bond donors (Lipinski definition) is 1. The quantitative estimate of drug-likeness (QED) is 0.310. The van der Waals surface area contributed by atoms with Crippen molar-refractivity contribution in [3.05, 3.63) is 53.6 Å². The first-order valence-corrected chi connectivity index (χ1v) is 11.5. The Hall–Kier alpha value is -2.41. The summed E-state index contributed by atoms with van der Waals surface area (Å²) < 4.78 is 28.7. The maximum Gasteiger partial charge on any atom is 0.407 e. The molecular weight excluding hydrogens is 417 g/mol. The molecule has 0 aliphatic heterocycles. The van der Waals surface area contributed by atoms with Crippen LogP contribution in [0.2, 0.25) is 0 Å². The van der Waals surface area contributed by atoms with Gasteiger partial charge in [-0.3, -0.25) is 4.39 Å². The molecular formula is C24H32FNO4S.